The van der Waals surface area contributed by atoms with Crippen LogP contribution in [0.1, 0.15) is 37.0 Å². The molecule has 0 aliphatic carbocycles. The predicted octanol–water partition coefficient (Wildman–Crippen LogP) is 0.614. The maximum absolute atomic E-state index is 12.6. The number of nitrogens with two attached hydrogens (primary N) is 2. The van der Waals surface area contributed by atoms with E-state index in [-0.39, 0.29) is 19.8 Å². The van der Waals surface area contributed by atoms with Gasteiger partial charge in [0.2, 0.25) is 16.8 Å². The number of alkyl carbamates (subject to hydrolysis) is 1. The number of ether oxygens (including phenoxy) is 2. The number of benzene rings is 1. The summed E-state index contributed by atoms with van der Waals surface area (Å²) in [7, 11) is 0. The monoisotopic (exact) mass is 489 g/mol. The van der Waals surface area contributed by atoms with E-state index in [0.29, 0.717) is 23.1 Å². The third-order valence-corrected chi connectivity index (χ3v) is 5.47. The van der Waals surface area contributed by atoms with Crippen LogP contribution < -0.4 is 22.1 Å². The van der Waals surface area contributed by atoms with Gasteiger partial charge in [0, 0.05) is 5.38 Å². The van der Waals surface area contributed by atoms with E-state index in [1.165, 1.54) is 11.3 Å². The molecular formula is C21H27N7O5S. The summed E-state index contributed by atoms with van der Waals surface area (Å²) in [6.07, 6.45) is -0.797. The number of hydrogen-bond acceptors (Lipinski definition) is 9. The second-order valence-electron chi connectivity index (χ2n) is 8.05. The highest BCUT2D eigenvalue weighted by atomic mass is 32.1. The molecule has 0 saturated heterocycles. The second kappa shape index (κ2) is 11.0. The zero-order valence-electron chi connectivity index (χ0n) is 18.8. The van der Waals surface area contributed by atoms with E-state index in [4.69, 9.17) is 20.9 Å². The Kier molecular flexibility index (Phi) is 8.15. The number of thiazole rings is 1. The van der Waals surface area contributed by atoms with Crippen LogP contribution in [0.3, 0.4) is 0 Å². The third-order valence-electron chi connectivity index (χ3n) is 4.60. The maximum atomic E-state index is 12.6. The molecule has 2 heterocycles. The zero-order chi connectivity index (χ0) is 24.7. The highest BCUT2D eigenvalue weighted by Crippen LogP contribution is 2.22. The number of fused-ring (bicyclic) bond motifs is 1. The average molecular weight is 490 g/mol. The lowest BCUT2D eigenvalue weighted by Gasteiger charge is -2.23. The summed E-state index contributed by atoms with van der Waals surface area (Å²) in [5, 5.41) is 15.3. The molecule has 1 atom stereocenters. The van der Waals surface area contributed by atoms with Crippen molar-refractivity contribution in [2.45, 2.75) is 38.6 Å². The number of carbonyl (C=O) groups excluding carboxylic acids is 3. The van der Waals surface area contributed by atoms with Crippen LogP contribution in [0.25, 0.3) is 4.96 Å². The van der Waals surface area contributed by atoms with Crippen LogP contribution in [0.5, 0.6) is 0 Å². The molecule has 3 amide bonds. The number of amides is 3. The number of primary amides is 1. The summed E-state index contributed by atoms with van der Waals surface area (Å²) in [5.74, 6) is -0.678. The highest BCUT2D eigenvalue weighted by Gasteiger charge is 2.29. The first kappa shape index (κ1) is 25.1. The minimum atomic E-state index is -1.12. The summed E-state index contributed by atoms with van der Waals surface area (Å²) in [6.45, 7) is 3.17. The SMILES string of the molecule is CC(C)(N)C(=O)N[C@H](COCc1ccccc1)c1nnc2scc(COC(=O)NCC(N)=O)n12. The van der Waals surface area contributed by atoms with Crippen LogP contribution >= 0.6 is 11.3 Å². The smallest absolute Gasteiger partial charge is 0.407 e. The molecule has 0 saturated carbocycles. The van der Waals surface area contributed by atoms with Crippen molar-refractivity contribution >= 4 is 34.2 Å². The van der Waals surface area contributed by atoms with Gasteiger partial charge in [-0.2, -0.15) is 0 Å². The van der Waals surface area contributed by atoms with Crippen molar-refractivity contribution < 1.29 is 23.9 Å². The Morgan fingerprint density at radius 1 is 1.18 bits per heavy atom. The molecule has 6 N–H and O–H groups in total. The molecule has 0 radical (unpaired) electrons. The first-order valence-electron chi connectivity index (χ1n) is 10.4. The molecule has 13 heteroatoms. The fourth-order valence-corrected chi connectivity index (χ4v) is 3.69. The predicted molar refractivity (Wildman–Crippen MR) is 123 cm³/mol. The Labute approximate surface area is 199 Å². The van der Waals surface area contributed by atoms with Crippen LogP contribution in [0.15, 0.2) is 35.7 Å². The van der Waals surface area contributed by atoms with Gasteiger partial charge in [-0.15, -0.1) is 21.5 Å². The molecule has 0 aliphatic rings. The van der Waals surface area contributed by atoms with Crippen LogP contribution in [0, 0.1) is 0 Å². The molecule has 3 aromatic rings. The largest absolute Gasteiger partial charge is 0.443 e. The first-order chi connectivity index (χ1) is 16.1. The summed E-state index contributed by atoms with van der Waals surface area (Å²) < 4.78 is 12.7. The van der Waals surface area contributed by atoms with Gasteiger partial charge < -0.3 is 31.6 Å². The van der Waals surface area contributed by atoms with E-state index < -0.39 is 29.5 Å². The Balaban J connectivity index is 1.78. The van der Waals surface area contributed by atoms with E-state index in [0.717, 1.165) is 5.56 Å². The van der Waals surface area contributed by atoms with Gasteiger partial charge in [0.15, 0.2) is 5.82 Å². The molecule has 34 heavy (non-hydrogen) atoms. The average Bonchev–Trinajstić information content (AvgIpc) is 3.38. The molecule has 0 spiro atoms. The molecule has 2 aromatic heterocycles. The van der Waals surface area contributed by atoms with Crippen molar-refractivity contribution in [2.24, 2.45) is 11.5 Å². The van der Waals surface area contributed by atoms with Crippen molar-refractivity contribution in [3.63, 3.8) is 0 Å². The van der Waals surface area contributed by atoms with Crippen LogP contribution in [0.2, 0.25) is 0 Å². The van der Waals surface area contributed by atoms with Crippen LogP contribution in [-0.4, -0.2) is 51.2 Å². The molecule has 12 nitrogen and oxygen atoms in total. The second-order valence-corrected chi connectivity index (χ2v) is 8.88. The number of aromatic nitrogens is 3. The van der Waals surface area contributed by atoms with Crippen LogP contribution in [-0.2, 0) is 32.3 Å². The summed E-state index contributed by atoms with van der Waals surface area (Å²) in [4.78, 5) is 35.8. The van der Waals surface area contributed by atoms with Gasteiger partial charge in [-0.05, 0) is 19.4 Å². The normalized spacial score (nSPS) is 12.3. The van der Waals surface area contributed by atoms with E-state index in [9.17, 15) is 14.4 Å². The van der Waals surface area contributed by atoms with E-state index >= 15 is 0 Å². The van der Waals surface area contributed by atoms with Crippen molar-refractivity contribution in [3.05, 3.63) is 52.8 Å². The topological polar surface area (TPSA) is 176 Å². The van der Waals surface area contributed by atoms with Gasteiger partial charge in [0.05, 0.1) is 31.0 Å². The Morgan fingerprint density at radius 2 is 1.91 bits per heavy atom. The fourth-order valence-electron chi connectivity index (χ4n) is 2.87. The molecular weight excluding hydrogens is 462 g/mol. The minimum absolute atomic E-state index is 0.104. The molecule has 0 fully saturated rings. The molecule has 0 bridgehead atoms. The lowest BCUT2D eigenvalue weighted by Crippen LogP contribution is -2.51. The molecule has 1 aromatic carbocycles. The van der Waals surface area contributed by atoms with Crippen molar-refractivity contribution in [1.82, 2.24) is 25.2 Å². The molecule has 0 aliphatic heterocycles. The summed E-state index contributed by atoms with van der Waals surface area (Å²) in [6, 6.07) is 8.93. The van der Waals surface area contributed by atoms with E-state index in [1.54, 1.807) is 23.6 Å². The third kappa shape index (κ3) is 6.73. The zero-order valence-corrected chi connectivity index (χ0v) is 19.6. The number of carbonyl (C=O) groups is 3. The van der Waals surface area contributed by atoms with Gasteiger partial charge in [-0.25, -0.2) is 4.79 Å². The quantitative estimate of drug-likeness (QED) is 0.303. The van der Waals surface area contributed by atoms with Crippen molar-refractivity contribution in [1.29, 1.82) is 0 Å². The number of rotatable bonds is 11. The van der Waals surface area contributed by atoms with Gasteiger partial charge >= 0.3 is 6.09 Å². The summed E-state index contributed by atoms with van der Waals surface area (Å²) in [5.41, 5.74) is 11.4. The number of nitrogens with one attached hydrogen (secondary N) is 2. The molecule has 182 valence electrons. The Hall–Kier alpha value is -3.55. The van der Waals surface area contributed by atoms with E-state index in [2.05, 4.69) is 20.8 Å². The lowest BCUT2D eigenvalue weighted by molar-refractivity contribution is -0.126. The van der Waals surface area contributed by atoms with Gasteiger partial charge in [0.25, 0.3) is 0 Å². The highest BCUT2D eigenvalue weighted by molar-refractivity contribution is 7.15. The maximum Gasteiger partial charge on any atom is 0.407 e. The standard InChI is InChI=1S/C21H27N7O5S/c1-21(2,23)18(30)25-15(11-32-9-13-6-4-3-5-7-13)17-26-27-19-28(17)14(12-34-19)10-33-20(31)24-8-16(22)29/h3-7,12,15H,8-11,23H2,1-2H3,(H2,22,29)(H,24,31)(H,25,30)/t15-/m1/s1. The number of nitrogens with zero attached hydrogens (tertiary/aromatic N) is 3. The van der Waals surface area contributed by atoms with Crippen LogP contribution in [0.4, 0.5) is 4.79 Å². The van der Waals surface area contributed by atoms with Crippen molar-refractivity contribution in [3.8, 4) is 0 Å². The minimum Gasteiger partial charge on any atom is -0.443 e. The van der Waals surface area contributed by atoms with Gasteiger partial charge in [-0.1, -0.05) is 30.3 Å². The Bertz CT molecular complexity index is 1140. The van der Waals surface area contributed by atoms with Gasteiger partial charge in [-0.3, -0.25) is 14.0 Å². The summed E-state index contributed by atoms with van der Waals surface area (Å²) >= 11 is 1.29. The first-order valence-corrected chi connectivity index (χ1v) is 11.2. The molecule has 0 unspecified atom stereocenters. The van der Waals surface area contributed by atoms with E-state index in [1.807, 2.05) is 30.3 Å². The molecule has 3 rings (SSSR count). The Morgan fingerprint density at radius 3 is 2.59 bits per heavy atom. The fraction of sp³-hybridized carbons (Fsp3) is 0.381. The number of hydrogen-bond donors (Lipinski definition) is 4. The van der Waals surface area contributed by atoms with Crippen molar-refractivity contribution in [2.75, 3.05) is 13.2 Å². The lowest BCUT2D eigenvalue weighted by atomic mass is 10.1. The van der Waals surface area contributed by atoms with Gasteiger partial charge in [0.1, 0.15) is 12.6 Å².